The number of rotatable bonds is 7. The number of carbonyl (C=O) groups excluding carboxylic acids is 1. The van der Waals surface area contributed by atoms with Crippen LogP contribution in [0.2, 0.25) is 0 Å². The molecule has 1 unspecified atom stereocenters. The molecule has 114 valence electrons. The Morgan fingerprint density at radius 1 is 1.18 bits per heavy atom. The smallest absolute Gasteiger partial charge is 0.246 e. The molecule has 1 amide bonds. The van der Waals surface area contributed by atoms with Gasteiger partial charge in [-0.15, -0.1) is 0 Å². The Balaban J connectivity index is 1.67. The van der Waals surface area contributed by atoms with Gasteiger partial charge in [-0.1, -0.05) is 36.4 Å². The van der Waals surface area contributed by atoms with E-state index in [1.807, 2.05) is 48.5 Å². The second-order valence-corrected chi connectivity index (χ2v) is 5.62. The molecule has 1 aromatic carbocycles. The lowest BCUT2D eigenvalue weighted by Gasteiger charge is -2.19. The summed E-state index contributed by atoms with van der Waals surface area (Å²) in [6.07, 6.45) is 4.19. The zero-order chi connectivity index (χ0) is 15.2. The molecular formula is C18H20N2O2. The minimum Gasteiger partial charge on any atom is -0.371 e. The second-order valence-electron chi connectivity index (χ2n) is 5.62. The van der Waals surface area contributed by atoms with Crippen molar-refractivity contribution < 1.29 is 9.53 Å². The minimum absolute atomic E-state index is 0.104. The van der Waals surface area contributed by atoms with Crippen molar-refractivity contribution >= 4 is 5.91 Å². The number of nitrogens with one attached hydrogen (secondary N) is 1. The van der Waals surface area contributed by atoms with E-state index < -0.39 is 0 Å². The van der Waals surface area contributed by atoms with Crippen LogP contribution in [0.4, 0.5) is 0 Å². The monoisotopic (exact) mass is 296 g/mol. The Morgan fingerprint density at radius 3 is 2.64 bits per heavy atom. The Kier molecular flexibility index (Phi) is 4.81. The van der Waals surface area contributed by atoms with Gasteiger partial charge in [0.05, 0.1) is 18.3 Å². The number of aromatic nitrogens is 1. The summed E-state index contributed by atoms with van der Waals surface area (Å²) in [5.41, 5.74) is 1.83. The van der Waals surface area contributed by atoms with Crippen molar-refractivity contribution in [3.8, 4) is 0 Å². The molecule has 1 saturated carbocycles. The van der Waals surface area contributed by atoms with Crippen LogP contribution in [0.1, 0.15) is 30.1 Å². The molecule has 0 radical (unpaired) electrons. The van der Waals surface area contributed by atoms with Gasteiger partial charge in [0.2, 0.25) is 5.91 Å². The molecule has 1 atom stereocenters. The Hall–Kier alpha value is -2.20. The van der Waals surface area contributed by atoms with Crippen molar-refractivity contribution in [1.29, 1.82) is 0 Å². The molecule has 1 heterocycles. The van der Waals surface area contributed by atoms with E-state index in [4.69, 9.17) is 4.74 Å². The number of ether oxygens (including phenoxy) is 1. The molecule has 1 aliphatic carbocycles. The Bertz CT molecular complexity index is 557. The van der Waals surface area contributed by atoms with Gasteiger partial charge >= 0.3 is 0 Å². The van der Waals surface area contributed by atoms with Crippen LogP contribution in [0.15, 0.2) is 54.7 Å². The van der Waals surface area contributed by atoms with Crippen molar-refractivity contribution in [2.75, 3.05) is 13.2 Å². The first-order valence-electron chi connectivity index (χ1n) is 7.66. The van der Waals surface area contributed by atoms with E-state index >= 15 is 0 Å². The molecule has 4 heteroatoms. The molecule has 0 spiro atoms. The van der Waals surface area contributed by atoms with Gasteiger partial charge in [0.15, 0.2) is 0 Å². The van der Waals surface area contributed by atoms with Crippen LogP contribution in [-0.2, 0) is 9.53 Å². The molecular weight excluding hydrogens is 276 g/mol. The maximum atomic E-state index is 12.1. The zero-order valence-electron chi connectivity index (χ0n) is 12.4. The summed E-state index contributed by atoms with van der Waals surface area (Å²) in [6.45, 7) is 0.791. The van der Waals surface area contributed by atoms with Crippen LogP contribution in [0.25, 0.3) is 0 Å². The fourth-order valence-electron chi connectivity index (χ4n) is 2.33. The van der Waals surface area contributed by atoms with Crippen LogP contribution < -0.4 is 5.32 Å². The van der Waals surface area contributed by atoms with Crippen molar-refractivity contribution in [3.63, 3.8) is 0 Å². The fraction of sp³-hybridized carbons (Fsp3) is 0.333. The van der Waals surface area contributed by atoms with Crippen LogP contribution in [-0.4, -0.2) is 24.1 Å². The summed E-state index contributed by atoms with van der Waals surface area (Å²) in [6, 6.07) is 15.3. The van der Waals surface area contributed by atoms with Crippen molar-refractivity contribution in [2.24, 2.45) is 5.92 Å². The lowest BCUT2D eigenvalue weighted by atomic mass is 10.0. The highest BCUT2D eigenvalue weighted by atomic mass is 16.5. The van der Waals surface area contributed by atoms with E-state index in [2.05, 4.69) is 10.3 Å². The molecule has 1 aromatic heterocycles. The maximum Gasteiger partial charge on any atom is 0.246 e. The van der Waals surface area contributed by atoms with Gasteiger partial charge in [-0.2, -0.15) is 0 Å². The first-order valence-corrected chi connectivity index (χ1v) is 7.66. The average molecular weight is 296 g/mol. The molecule has 2 aromatic rings. The Labute approximate surface area is 130 Å². The van der Waals surface area contributed by atoms with E-state index in [9.17, 15) is 4.79 Å². The number of hydrogen-bond donors (Lipinski definition) is 1. The molecule has 1 aliphatic rings. The number of pyridine rings is 1. The molecule has 22 heavy (non-hydrogen) atoms. The summed E-state index contributed by atoms with van der Waals surface area (Å²) in [7, 11) is 0. The number of carbonyl (C=O) groups is 1. The van der Waals surface area contributed by atoms with Gasteiger partial charge in [0, 0.05) is 6.20 Å². The van der Waals surface area contributed by atoms with E-state index in [0.717, 1.165) is 11.3 Å². The summed E-state index contributed by atoms with van der Waals surface area (Å²) >= 11 is 0. The van der Waals surface area contributed by atoms with E-state index in [1.54, 1.807) is 6.20 Å². The van der Waals surface area contributed by atoms with Gasteiger partial charge in [-0.3, -0.25) is 9.78 Å². The number of hydrogen-bond acceptors (Lipinski definition) is 3. The molecule has 3 rings (SSSR count). The van der Waals surface area contributed by atoms with Crippen LogP contribution >= 0.6 is 0 Å². The first kappa shape index (κ1) is 14.7. The topological polar surface area (TPSA) is 51.2 Å². The van der Waals surface area contributed by atoms with E-state index in [0.29, 0.717) is 12.5 Å². The summed E-state index contributed by atoms with van der Waals surface area (Å²) in [4.78, 5) is 16.5. The van der Waals surface area contributed by atoms with Crippen molar-refractivity contribution in [3.05, 3.63) is 66.0 Å². The molecule has 0 saturated heterocycles. The lowest BCUT2D eigenvalue weighted by Crippen LogP contribution is -2.33. The largest absolute Gasteiger partial charge is 0.371 e. The highest BCUT2D eigenvalue weighted by Gasteiger charge is 2.22. The predicted molar refractivity (Wildman–Crippen MR) is 84.2 cm³/mol. The van der Waals surface area contributed by atoms with Crippen molar-refractivity contribution in [2.45, 2.75) is 18.9 Å². The highest BCUT2D eigenvalue weighted by Crippen LogP contribution is 2.28. The minimum atomic E-state index is -0.251. The number of amides is 1. The standard InChI is InChI=1S/C18H20N2O2/c21-17(13-22-12-14-9-10-14)20-18(15-6-2-1-3-7-15)16-8-4-5-11-19-16/h1-8,11,14,18H,9-10,12-13H2,(H,20,21). The van der Waals surface area contributed by atoms with E-state index in [-0.39, 0.29) is 18.6 Å². The summed E-state index contributed by atoms with van der Waals surface area (Å²) in [5.74, 6) is 0.550. The molecule has 1 N–H and O–H groups in total. The predicted octanol–water partition coefficient (Wildman–Crippen LogP) is 2.71. The molecule has 0 bridgehead atoms. The summed E-state index contributed by atoms with van der Waals surface area (Å²) in [5, 5.41) is 3.02. The third-order valence-corrected chi connectivity index (χ3v) is 3.71. The van der Waals surface area contributed by atoms with Crippen molar-refractivity contribution in [1.82, 2.24) is 10.3 Å². The average Bonchev–Trinajstić information content (AvgIpc) is 3.39. The highest BCUT2D eigenvalue weighted by molar-refractivity contribution is 5.78. The summed E-state index contributed by atoms with van der Waals surface area (Å²) < 4.78 is 5.46. The molecule has 1 fully saturated rings. The number of benzene rings is 1. The normalized spacial score (nSPS) is 15.3. The quantitative estimate of drug-likeness (QED) is 0.854. The molecule has 0 aliphatic heterocycles. The van der Waals surface area contributed by atoms with Gasteiger partial charge in [0.1, 0.15) is 6.61 Å². The first-order chi connectivity index (χ1) is 10.8. The van der Waals surface area contributed by atoms with Gasteiger partial charge in [-0.05, 0) is 36.5 Å². The van der Waals surface area contributed by atoms with E-state index in [1.165, 1.54) is 12.8 Å². The second kappa shape index (κ2) is 7.18. The zero-order valence-corrected chi connectivity index (χ0v) is 12.4. The third kappa shape index (κ3) is 4.15. The van der Waals surface area contributed by atoms with Crippen LogP contribution in [0.5, 0.6) is 0 Å². The van der Waals surface area contributed by atoms with Gasteiger partial charge in [-0.25, -0.2) is 0 Å². The molecule has 4 nitrogen and oxygen atoms in total. The third-order valence-electron chi connectivity index (χ3n) is 3.71. The SMILES string of the molecule is O=C(COCC1CC1)NC(c1ccccc1)c1ccccn1. The fourth-order valence-corrected chi connectivity index (χ4v) is 2.33. The van der Waals surface area contributed by atoms with Gasteiger partial charge < -0.3 is 10.1 Å². The Morgan fingerprint density at radius 2 is 1.95 bits per heavy atom. The number of nitrogens with zero attached hydrogens (tertiary/aromatic N) is 1. The van der Waals surface area contributed by atoms with Gasteiger partial charge in [0.25, 0.3) is 0 Å². The van der Waals surface area contributed by atoms with Crippen LogP contribution in [0.3, 0.4) is 0 Å². The lowest BCUT2D eigenvalue weighted by molar-refractivity contribution is -0.126. The van der Waals surface area contributed by atoms with Crippen LogP contribution in [0, 0.1) is 5.92 Å². The maximum absolute atomic E-state index is 12.1.